The molecule has 0 fully saturated rings. The summed E-state index contributed by atoms with van der Waals surface area (Å²) >= 11 is 0. The first-order valence-electron chi connectivity index (χ1n) is 6.53. The van der Waals surface area contributed by atoms with Crippen LogP contribution in [0, 0.1) is 0 Å². The van der Waals surface area contributed by atoms with Gasteiger partial charge in [-0.3, -0.25) is 9.48 Å². The Morgan fingerprint density at radius 1 is 1.41 bits per heavy atom. The lowest BCUT2D eigenvalue weighted by atomic mass is 9.75. The highest BCUT2D eigenvalue weighted by Crippen LogP contribution is 2.39. The second-order valence-electron chi connectivity index (χ2n) is 5.89. The van der Waals surface area contributed by atoms with Crippen molar-refractivity contribution < 1.29 is 4.79 Å². The number of aryl methyl sites for hydroxylation is 1. The summed E-state index contributed by atoms with van der Waals surface area (Å²) in [6.45, 7) is 11.6. The monoisotopic (exact) mass is 234 g/mol. The molecule has 0 spiro atoms. The standard InChI is InChI=1S/C14H22N2O/c1-6-16-12(9(2)3)11-10(17)7-8-14(4,5)13(11)15-16/h9H,6-8H2,1-5H3. The van der Waals surface area contributed by atoms with Crippen molar-refractivity contribution in [2.45, 2.75) is 65.3 Å². The lowest BCUT2D eigenvalue weighted by molar-refractivity contribution is 0.0955. The minimum atomic E-state index is 0.0350. The average molecular weight is 234 g/mol. The Morgan fingerprint density at radius 2 is 2.06 bits per heavy atom. The van der Waals surface area contributed by atoms with Gasteiger partial charge in [-0.25, -0.2) is 0 Å². The Balaban J connectivity index is 2.70. The molecule has 0 amide bonds. The number of nitrogens with zero attached hydrogens (tertiary/aromatic N) is 2. The van der Waals surface area contributed by atoms with Crippen molar-refractivity contribution in [1.29, 1.82) is 0 Å². The lowest BCUT2D eigenvalue weighted by Gasteiger charge is -2.27. The number of hydrogen-bond acceptors (Lipinski definition) is 2. The van der Waals surface area contributed by atoms with Gasteiger partial charge >= 0.3 is 0 Å². The first kappa shape index (κ1) is 12.3. The third-order valence-corrected chi connectivity index (χ3v) is 3.74. The molecule has 94 valence electrons. The molecule has 0 saturated carbocycles. The van der Waals surface area contributed by atoms with Crippen LogP contribution in [0.3, 0.4) is 0 Å². The fourth-order valence-corrected chi connectivity index (χ4v) is 2.72. The van der Waals surface area contributed by atoms with Crippen molar-refractivity contribution in [1.82, 2.24) is 9.78 Å². The number of carbonyl (C=O) groups excluding carboxylic acids is 1. The van der Waals surface area contributed by atoms with Gasteiger partial charge in [0.25, 0.3) is 0 Å². The maximum atomic E-state index is 12.2. The van der Waals surface area contributed by atoms with Crippen LogP contribution in [-0.4, -0.2) is 15.6 Å². The maximum absolute atomic E-state index is 12.2. The number of ketones is 1. The van der Waals surface area contributed by atoms with E-state index in [4.69, 9.17) is 0 Å². The van der Waals surface area contributed by atoms with Gasteiger partial charge in [0.2, 0.25) is 0 Å². The molecule has 0 N–H and O–H groups in total. The van der Waals surface area contributed by atoms with Gasteiger partial charge in [0.1, 0.15) is 0 Å². The van der Waals surface area contributed by atoms with Crippen LogP contribution in [0.25, 0.3) is 0 Å². The minimum Gasteiger partial charge on any atom is -0.294 e. The lowest BCUT2D eigenvalue weighted by Crippen LogP contribution is -2.27. The fraction of sp³-hybridized carbons (Fsp3) is 0.714. The molecule has 0 radical (unpaired) electrons. The van der Waals surface area contributed by atoms with Crippen LogP contribution in [0.1, 0.15) is 75.1 Å². The molecule has 0 unspecified atom stereocenters. The molecule has 0 bridgehead atoms. The highest BCUT2D eigenvalue weighted by atomic mass is 16.1. The van der Waals surface area contributed by atoms with Crippen molar-refractivity contribution in [3.05, 3.63) is 17.0 Å². The number of Topliss-reactive ketones (excluding diaryl/α,β-unsaturated/α-hetero) is 1. The van der Waals surface area contributed by atoms with Crippen molar-refractivity contribution in [3.63, 3.8) is 0 Å². The summed E-state index contributed by atoms with van der Waals surface area (Å²) in [4.78, 5) is 12.2. The highest BCUT2D eigenvalue weighted by molar-refractivity contribution is 6.00. The van der Waals surface area contributed by atoms with Gasteiger partial charge in [-0.2, -0.15) is 5.10 Å². The molecule has 1 heterocycles. The van der Waals surface area contributed by atoms with E-state index >= 15 is 0 Å². The molecule has 17 heavy (non-hydrogen) atoms. The normalized spacial score (nSPS) is 18.6. The second-order valence-corrected chi connectivity index (χ2v) is 5.89. The van der Waals surface area contributed by atoms with E-state index in [1.165, 1.54) is 0 Å². The molecule has 1 aliphatic carbocycles. The molecule has 1 aromatic heterocycles. The molecule has 0 atom stereocenters. The largest absolute Gasteiger partial charge is 0.294 e. The third-order valence-electron chi connectivity index (χ3n) is 3.74. The Kier molecular flexibility index (Phi) is 2.88. The molecule has 0 aromatic carbocycles. The van der Waals surface area contributed by atoms with Gasteiger partial charge < -0.3 is 0 Å². The molecule has 1 aromatic rings. The topological polar surface area (TPSA) is 34.9 Å². The molecule has 0 saturated heterocycles. The van der Waals surface area contributed by atoms with Crippen molar-refractivity contribution in [3.8, 4) is 0 Å². The highest BCUT2D eigenvalue weighted by Gasteiger charge is 2.38. The quantitative estimate of drug-likeness (QED) is 0.787. The summed E-state index contributed by atoms with van der Waals surface area (Å²) in [5.41, 5.74) is 3.09. The Morgan fingerprint density at radius 3 is 2.59 bits per heavy atom. The zero-order chi connectivity index (χ0) is 12.8. The summed E-state index contributed by atoms with van der Waals surface area (Å²) in [6, 6.07) is 0. The fourth-order valence-electron chi connectivity index (χ4n) is 2.72. The summed E-state index contributed by atoms with van der Waals surface area (Å²) in [7, 11) is 0. The van der Waals surface area contributed by atoms with E-state index in [1.807, 2.05) is 4.68 Å². The summed E-state index contributed by atoms with van der Waals surface area (Å²) in [6.07, 6.45) is 1.58. The minimum absolute atomic E-state index is 0.0350. The first-order chi connectivity index (χ1) is 7.88. The zero-order valence-corrected chi connectivity index (χ0v) is 11.5. The number of fused-ring (bicyclic) bond motifs is 1. The summed E-state index contributed by atoms with van der Waals surface area (Å²) in [5, 5.41) is 4.69. The predicted octanol–water partition coefficient (Wildman–Crippen LogP) is 3.28. The van der Waals surface area contributed by atoms with Crippen molar-refractivity contribution in [2.75, 3.05) is 0 Å². The van der Waals surface area contributed by atoms with E-state index in [-0.39, 0.29) is 11.2 Å². The van der Waals surface area contributed by atoms with Crippen LogP contribution in [0.4, 0.5) is 0 Å². The molecular formula is C14H22N2O. The van der Waals surface area contributed by atoms with Crippen molar-refractivity contribution in [2.24, 2.45) is 0 Å². The van der Waals surface area contributed by atoms with Gasteiger partial charge in [0.05, 0.1) is 17.0 Å². The Hall–Kier alpha value is -1.12. The van der Waals surface area contributed by atoms with Crippen LogP contribution in [-0.2, 0) is 12.0 Å². The molecule has 1 aliphatic rings. The van der Waals surface area contributed by atoms with Gasteiger partial charge in [-0.15, -0.1) is 0 Å². The summed E-state index contributed by atoms with van der Waals surface area (Å²) in [5.74, 6) is 0.631. The number of rotatable bonds is 2. The maximum Gasteiger partial charge on any atom is 0.166 e. The molecule has 0 aliphatic heterocycles. The Bertz CT molecular complexity index is 455. The Labute approximate surface area is 103 Å². The summed E-state index contributed by atoms with van der Waals surface area (Å²) < 4.78 is 2.01. The first-order valence-corrected chi connectivity index (χ1v) is 6.53. The third kappa shape index (κ3) is 1.81. The zero-order valence-electron chi connectivity index (χ0n) is 11.5. The van der Waals surface area contributed by atoms with Crippen LogP contribution >= 0.6 is 0 Å². The van der Waals surface area contributed by atoms with E-state index in [2.05, 4.69) is 39.7 Å². The average Bonchev–Trinajstić information content (AvgIpc) is 2.65. The van der Waals surface area contributed by atoms with E-state index in [9.17, 15) is 4.79 Å². The number of carbonyl (C=O) groups is 1. The van der Waals surface area contributed by atoms with Gasteiger partial charge in [-0.1, -0.05) is 27.7 Å². The van der Waals surface area contributed by atoms with Gasteiger partial charge in [0.15, 0.2) is 5.78 Å². The van der Waals surface area contributed by atoms with Crippen molar-refractivity contribution >= 4 is 5.78 Å². The van der Waals surface area contributed by atoms with Gasteiger partial charge in [0, 0.05) is 18.4 Å². The van der Waals surface area contributed by atoms with Crippen LogP contribution in [0.5, 0.6) is 0 Å². The van der Waals surface area contributed by atoms with Crippen LogP contribution < -0.4 is 0 Å². The van der Waals surface area contributed by atoms with Crippen LogP contribution in [0.15, 0.2) is 0 Å². The van der Waals surface area contributed by atoms with E-state index in [0.717, 1.165) is 29.9 Å². The van der Waals surface area contributed by atoms with E-state index in [1.54, 1.807) is 0 Å². The van der Waals surface area contributed by atoms with E-state index in [0.29, 0.717) is 12.3 Å². The molecule has 3 heteroatoms. The molecular weight excluding hydrogens is 212 g/mol. The second kappa shape index (κ2) is 3.97. The van der Waals surface area contributed by atoms with Crippen LogP contribution in [0.2, 0.25) is 0 Å². The molecule has 2 rings (SSSR count). The SMILES string of the molecule is CCn1nc2c(c1C(C)C)C(=O)CCC2(C)C. The van der Waals surface area contributed by atoms with E-state index < -0.39 is 0 Å². The predicted molar refractivity (Wildman–Crippen MR) is 68.6 cm³/mol. The number of hydrogen-bond donors (Lipinski definition) is 0. The number of aromatic nitrogens is 2. The smallest absolute Gasteiger partial charge is 0.166 e. The van der Waals surface area contributed by atoms with Gasteiger partial charge in [-0.05, 0) is 19.3 Å². The molecule has 3 nitrogen and oxygen atoms in total.